The predicted molar refractivity (Wildman–Crippen MR) is 34.3 cm³/mol. The first-order valence-electron chi connectivity index (χ1n) is 2.82. The van der Waals surface area contributed by atoms with Gasteiger partial charge >= 0.3 is 22.4 Å². The predicted octanol–water partition coefficient (Wildman–Crippen LogP) is 0.866. The third-order valence-electron chi connectivity index (χ3n) is 1.16. The second kappa shape index (κ2) is 4.30. The second-order valence-corrected chi connectivity index (χ2v) is 3.38. The molecule has 76 valence electrons. The third-order valence-corrected chi connectivity index (χ3v) is 2.03. The van der Waals surface area contributed by atoms with E-state index in [1.54, 1.807) is 0 Å². The minimum atomic E-state index is -4.84. The molecule has 1 rings (SSSR count). The van der Waals surface area contributed by atoms with Crippen LogP contribution in [-0.2, 0) is 32.5 Å². The van der Waals surface area contributed by atoms with Gasteiger partial charge in [0, 0.05) is 6.07 Å². The molecule has 1 aromatic rings. The van der Waals surface area contributed by atoms with Crippen LogP contribution in [0.25, 0.3) is 0 Å². The van der Waals surface area contributed by atoms with Gasteiger partial charge in [-0.25, -0.2) is 17.2 Å². The molecule has 0 heterocycles. The van der Waals surface area contributed by atoms with Gasteiger partial charge in [-0.3, -0.25) is 0 Å². The molecule has 0 aromatic heterocycles. The van der Waals surface area contributed by atoms with E-state index in [9.17, 15) is 21.8 Å². The van der Waals surface area contributed by atoms with E-state index in [0.29, 0.717) is 18.2 Å². The van der Waals surface area contributed by atoms with Crippen molar-refractivity contribution >= 4 is 10.1 Å². The van der Waals surface area contributed by atoms with Gasteiger partial charge in [0.2, 0.25) is 0 Å². The molecule has 0 atom stereocenters. The van der Waals surface area contributed by atoms with Crippen LogP contribution in [0.4, 0.5) is 8.78 Å². The molecule has 0 saturated carbocycles. The standard InChI is InChI=1S/C6H4F2O3S.Ag/c7-4-1-2-6(5(8)3-4)12(9,10)11;/h1-3H,(H,9,10,11);/q;+1/p-1. The summed E-state index contributed by atoms with van der Waals surface area (Å²) in [5, 5.41) is 0. The molecule has 0 aliphatic carbocycles. The van der Waals surface area contributed by atoms with Gasteiger partial charge in [-0.15, -0.1) is 0 Å². The zero-order chi connectivity index (χ0) is 9.35. The number of hydrogen-bond acceptors (Lipinski definition) is 3. The summed E-state index contributed by atoms with van der Waals surface area (Å²) in [5.41, 5.74) is 0. The van der Waals surface area contributed by atoms with Crippen molar-refractivity contribution in [2.75, 3.05) is 0 Å². The molecule has 0 aliphatic heterocycles. The number of rotatable bonds is 1. The van der Waals surface area contributed by atoms with E-state index >= 15 is 0 Å². The van der Waals surface area contributed by atoms with Gasteiger partial charge in [-0.2, -0.15) is 0 Å². The van der Waals surface area contributed by atoms with E-state index in [1.807, 2.05) is 0 Å². The molecule has 7 heteroatoms. The van der Waals surface area contributed by atoms with Crippen molar-refractivity contribution in [3.05, 3.63) is 29.8 Å². The summed E-state index contributed by atoms with van der Waals surface area (Å²) in [7, 11) is -4.84. The minimum absolute atomic E-state index is 0. The normalized spacial score (nSPS) is 10.7. The summed E-state index contributed by atoms with van der Waals surface area (Å²) in [4.78, 5) is -1.04. The van der Waals surface area contributed by atoms with Gasteiger partial charge in [-0.05, 0) is 12.1 Å². The molecule has 0 N–H and O–H groups in total. The van der Waals surface area contributed by atoms with Crippen LogP contribution in [0.1, 0.15) is 0 Å². The first kappa shape index (κ1) is 12.7. The third kappa shape index (κ3) is 3.17. The van der Waals surface area contributed by atoms with Crippen LogP contribution in [0, 0.1) is 11.6 Å². The molecule has 0 spiro atoms. The molecule has 0 aliphatic rings. The summed E-state index contributed by atoms with van der Waals surface area (Å²) in [6.07, 6.45) is 0. The Morgan fingerprint density at radius 3 is 2.15 bits per heavy atom. The SMILES string of the molecule is O=S(=O)([O-])c1ccc(F)cc1F.[Ag+]. The van der Waals surface area contributed by atoms with E-state index in [0.717, 1.165) is 0 Å². The van der Waals surface area contributed by atoms with Crippen molar-refractivity contribution in [2.24, 2.45) is 0 Å². The number of hydrogen-bond donors (Lipinski definition) is 0. The molecule has 3 nitrogen and oxygen atoms in total. The quantitative estimate of drug-likeness (QED) is 0.571. The molecule has 1 aromatic carbocycles. The van der Waals surface area contributed by atoms with Crippen LogP contribution in [0.15, 0.2) is 23.1 Å². The summed E-state index contributed by atoms with van der Waals surface area (Å²) in [6, 6.07) is 1.63. The average Bonchev–Trinajstić information content (AvgIpc) is 1.83. The summed E-state index contributed by atoms with van der Waals surface area (Å²) in [5.74, 6) is -2.30. The Bertz CT molecular complexity index is 404. The molecule has 13 heavy (non-hydrogen) atoms. The fourth-order valence-electron chi connectivity index (χ4n) is 0.678. The maximum Gasteiger partial charge on any atom is 1.00 e. The molecule has 0 fully saturated rings. The molecule has 0 amide bonds. The van der Waals surface area contributed by atoms with Gasteiger partial charge in [0.1, 0.15) is 21.8 Å². The molecule has 0 radical (unpaired) electrons. The summed E-state index contributed by atoms with van der Waals surface area (Å²) in [6.45, 7) is 0. The van der Waals surface area contributed by atoms with Crippen LogP contribution in [0.5, 0.6) is 0 Å². The Labute approximate surface area is 89.0 Å². The van der Waals surface area contributed by atoms with E-state index in [4.69, 9.17) is 0 Å². The van der Waals surface area contributed by atoms with Gasteiger partial charge < -0.3 is 4.55 Å². The second-order valence-electron chi connectivity index (χ2n) is 2.03. The van der Waals surface area contributed by atoms with E-state index in [-0.39, 0.29) is 22.4 Å². The van der Waals surface area contributed by atoms with Gasteiger partial charge in [-0.1, -0.05) is 0 Å². The first-order chi connectivity index (χ1) is 5.41. The van der Waals surface area contributed by atoms with Crippen molar-refractivity contribution in [3.63, 3.8) is 0 Å². The maximum atomic E-state index is 12.5. The zero-order valence-corrected chi connectivity index (χ0v) is 8.22. The van der Waals surface area contributed by atoms with Crippen molar-refractivity contribution in [1.29, 1.82) is 0 Å². The van der Waals surface area contributed by atoms with Crippen LogP contribution in [-0.4, -0.2) is 13.0 Å². The fraction of sp³-hybridized carbons (Fsp3) is 0. The number of halogens is 2. The van der Waals surface area contributed by atoms with Crippen LogP contribution in [0.2, 0.25) is 0 Å². The maximum absolute atomic E-state index is 12.5. The van der Waals surface area contributed by atoms with Crippen LogP contribution >= 0.6 is 0 Å². The molecular formula is C6H3AgF2O3S. The van der Waals surface area contributed by atoms with Crippen LogP contribution in [0.3, 0.4) is 0 Å². The Hall–Kier alpha value is -0.270. The van der Waals surface area contributed by atoms with Crippen molar-refractivity contribution < 1.29 is 44.1 Å². The van der Waals surface area contributed by atoms with Gasteiger partial charge in [0.15, 0.2) is 0 Å². The van der Waals surface area contributed by atoms with Gasteiger partial charge in [0.05, 0.1) is 4.90 Å². The van der Waals surface area contributed by atoms with E-state index in [1.165, 1.54) is 0 Å². The average molecular weight is 301 g/mol. The Balaban J connectivity index is 0.00000144. The summed E-state index contributed by atoms with van der Waals surface area (Å²) >= 11 is 0. The van der Waals surface area contributed by atoms with E-state index in [2.05, 4.69) is 0 Å². The van der Waals surface area contributed by atoms with E-state index < -0.39 is 26.6 Å². The van der Waals surface area contributed by atoms with Crippen molar-refractivity contribution in [2.45, 2.75) is 4.90 Å². The van der Waals surface area contributed by atoms with Crippen molar-refractivity contribution in [3.8, 4) is 0 Å². The first-order valence-corrected chi connectivity index (χ1v) is 4.23. The van der Waals surface area contributed by atoms with Gasteiger partial charge in [0.25, 0.3) is 0 Å². The smallest absolute Gasteiger partial charge is 0.744 e. The monoisotopic (exact) mass is 300 g/mol. The molecule has 0 unspecified atom stereocenters. The molecular weight excluding hydrogens is 298 g/mol. The van der Waals surface area contributed by atoms with Crippen LogP contribution < -0.4 is 0 Å². The minimum Gasteiger partial charge on any atom is -0.744 e. The summed E-state index contributed by atoms with van der Waals surface area (Å²) < 4.78 is 55.5. The Kier molecular flexibility index (Phi) is 4.21. The Morgan fingerprint density at radius 2 is 1.77 bits per heavy atom. The zero-order valence-electron chi connectivity index (χ0n) is 5.92. The molecule has 0 bridgehead atoms. The molecule has 0 saturated heterocycles. The van der Waals surface area contributed by atoms with Crippen molar-refractivity contribution in [1.82, 2.24) is 0 Å². The largest absolute Gasteiger partial charge is 1.00 e. The number of benzene rings is 1. The fourth-order valence-corrected chi connectivity index (χ4v) is 1.21. The Morgan fingerprint density at radius 1 is 1.23 bits per heavy atom. The topological polar surface area (TPSA) is 57.2 Å².